The van der Waals surface area contributed by atoms with Crippen molar-refractivity contribution in [1.82, 2.24) is 5.32 Å². The molecule has 0 saturated heterocycles. The predicted octanol–water partition coefficient (Wildman–Crippen LogP) is 3.49. The van der Waals surface area contributed by atoms with Crippen LogP contribution >= 0.6 is 11.6 Å². The molecule has 0 atom stereocenters. The van der Waals surface area contributed by atoms with E-state index in [-0.39, 0.29) is 29.5 Å². The van der Waals surface area contributed by atoms with Crippen LogP contribution < -0.4 is 15.4 Å². The molecular formula is C20H18ClN3O5S. The van der Waals surface area contributed by atoms with Gasteiger partial charge in [0.25, 0.3) is 15.9 Å². The van der Waals surface area contributed by atoms with Gasteiger partial charge < -0.3 is 15.1 Å². The third-order valence-electron chi connectivity index (χ3n) is 3.91. The molecule has 0 unspecified atom stereocenters. The Morgan fingerprint density at radius 2 is 1.73 bits per heavy atom. The first-order valence-electron chi connectivity index (χ1n) is 8.83. The molecule has 1 heterocycles. The van der Waals surface area contributed by atoms with Crippen LogP contribution in [0.1, 0.15) is 17.0 Å². The SMILES string of the molecule is O=C(CCNC(=O)c1ccco1)Nc1cccc(S(=O)(=O)Nc2ccc(Cl)cc2)c1. The molecule has 0 fully saturated rings. The maximum atomic E-state index is 12.6. The fraction of sp³-hybridized carbons (Fsp3) is 0.100. The van der Waals surface area contributed by atoms with Crippen molar-refractivity contribution in [1.29, 1.82) is 0 Å². The summed E-state index contributed by atoms with van der Waals surface area (Å²) >= 11 is 5.80. The lowest BCUT2D eigenvalue weighted by Gasteiger charge is -2.10. The molecule has 0 spiro atoms. The third-order valence-corrected chi connectivity index (χ3v) is 5.54. The number of hydrogen-bond acceptors (Lipinski definition) is 5. The van der Waals surface area contributed by atoms with E-state index in [1.54, 1.807) is 36.4 Å². The molecule has 156 valence electrons. The van der Waals surface area contributed by atoms with Crippen LogP contribution in [-0.2, 0) is 14.8 Å². The fourth-order valence-electron chi connectivity index (χ4n) is 2.48. The molecule has 1 aromatic heterocycles. The lowest BCUT2D eigenvalue weighted by atomic mass is 10.3. The number of carbonyl (C=O) groups excluding carboxylic acids is 2. The second-order valence-corrected chi connectivity index (χ2v) is 8.29. The zero-order valence-electron chi connectivity index (χ0n) is 15.6. The summed E-state index contributed by atoms with van der Waals surface area (Å²) in [6.07, 6.45) is 1.39. The average molecular weight is 448 g/mol. The van der Waals surface area contributed by atoms with Gasteiger partial charge in [0.2, 0.25) is 5.91 Å². The Bertz CT molecular complexity index is 1130. The molecule has 2 amide bonds. The highest BCUT2D eigenvalue weighted by Crippen LogP contribution is 2.20. The molecule has 0 aliphatic heterocycles. The largest absolute Gasteiger partial charge is 0.459 e. The number of anilines is 2. The molecule has 10 heteroatoms. The molecule has 2 aromatic carbocycles. The van der Waals surface area contributed by atoms with Gasteiger partial charge in [0.05, 0.1) is 11.2 Å². The number of hydrogen-bond donors (Lipinski definition) is 3. The molecule has 0 aliphatic rings. The first-order valence-corrected chi connectivity index (χ1v) is 10.7. The lowest BCUT2D eigenvalue weighted by Crippen LogP contribution is -2.27. The number of rotatable bonds is 8. The van der Waals surface area contributed by atoms with E-state index in [0.717, 1.165) is 0 Å². The van der Waals surface area contributed by atoms with Gasteiger partial charge in [0, 0.05) is 29.4 Å². The maximum Gasteiger partial charge on any atom is 0.286 e. The monoisotopic (exact) mass is 447 g/mol. The fourth-order valence-corrected chi connectivity index (χ4v) is 3.71. The number of carbonyl (C=O) groups is 2. The van der Waals surface area contributed by atoms with E-state index in [1.165, 1.54) is 30.5 Å². The molecule has 3 N–H and O–H groups in total. The van der Waals surface area contributed by atoms with E-state index in [0.29, 0.717) is 16.4 Å². The van der Waals surface area contributed by atoms with Crippen LogP contribution in [0.4, 0.5) is 11.4 Å². The van der Waals surface area contributed by atoms with Gasteiger partial charge in [0.1, 0.15) is 0 Å². The topological polar surface area (TPSA) is 118 Å². The van der Waals surface area contributed by atoms with E-state index in [1.807, 2.05) is 0 Å². The van der Waals surface area contributed by atoms with Gasteiger partial charge in [-0.25, -0.2) is 8.42 Å². The Morgan fingerprint density at radius 3 is 2.43 bits per heavy atom. The van der Waals surface area contributed by atoms with Crippen molar-refractivity contribution in [2.45, 2.75) is 11.3 Å². The number of halogens is 1. The van der Waals surface area contributed by atoms with Crippen molar-refractivity contribution in [2.24, 2.45) is 0 Å². The van der Waals surface area contributed by atoms with E-state index < -0.39 is 15.9 Å². The molecular weight excluding hydrogens is 430 g/mol. The summed E-state index contributed by atoms with van der Waals surface area (Å²) < 4.78 is 32.5. The molecule has 30 heavy (non-hydrogen) atoms. The summed E-state index contributed by atoms with van der Waals surface area (Å²) in [5, 5.41) is 5.66. The lowest BCUT2D eigenvalue weighted by molar-refractivity contribution is -0.116. The van der Waals surface area contributed by atoms with Crippen LogP contribution in [0, 0.1) is 0 Å². The zero-order valence-corrected chi connectivity index (χ0v) is 17.2. The summed E-state index contributed by atoms with van der Waals surface area (Å²) in [6, 6.07) is 15.2. The highest BCUT2D eigenvalue weighted by Gasteiger charge is 2.15. The summed E-state index contributed by atoms with van der Waals surface area (Å²) in [4.78, 5) is 23.8. The number of sulfonamides is 1. The molecule has 8 nitrogen and oxygen atoms in total. The van der Waals surface area contributed by atoms with E-state index in [9.17, 15) is 18.0 Å². The molecule has 3 aromatic rings. The summed E-state index contributed by atoms with van der Waals surface area (Å²) in [5.41, 5.74) is 0.678. The van der Waals surface area contributed by atoms with Crippen molar-refractivity contribution in [2.75, 3.05) is 16.6 Å². The standard InChI is InChI=1S/C20H18ClN3O5S/c21-14-6-8-15(9-7-14)24-30(27,28)17-4-1-3-16(13-17)23-19(25)10-11-22-20(26)18-5-2-12-29-18/h1-9,12-13,24H,10-11H2,(H,22,26)(H,23,25). The van der Waals surface area contributed by atoms with Gasteiger partial charge in [-0.1, -0.05) is 17.7 Å². The minimum absolute atomic E-state index is 0.00640. The van der Waals surface area contributed by atoms with Crippen molar-refractivity contribution in [3.8, 4) is 0 Å². The Labute approximate surface area is 178 Å². The number of benzene rings is 2. The first-order chi connectivity index (χ1) is 14.3. The second kappa shape index (κ2) is 9.47. The van der Waals surface area contributed by atoms with Crippen LogP contribution in [-0.4, -0.2) is 26.8 Å². The van der Waals surface area contributed by atoms with Crippen LogP contribution in [0.2, 0.25) is 5.02 Å². The second-order valence-electron chi connectivity index (χ2n) is 6.17. The molecule has 0 aliphatic carbocycles. The number of amides is 2. The van der Waals surface area contributed by atoms with Crippen LogP contribution in [0.15, 0.2) is 76.2 Å². The Hall–Kier alpha value is -3.30. The predicted molar refractivity (Wildman–Crippen MR) is 113 cm³/mol. The van der Waals surface area contributed by atoms with Gasteiger partial charge in [-0.15, -0.1) is 0 Å². The highest BCUT2D eigenvalue weighted by molar-refractivity contribution is 7.92. The summed E-state index contributed by atoms with van der Waals surface area (Å²) in [6.45, 7) is 0.0987. The maximum absolute atomic E-state index is 12.6. The Balaban J connectivity index is 1.57. The molecule has 3 rings (SSSR count). The van der Waals surface area contributed by atoms with Gasteiger partial charge in [-0.3, -0.25) is 14.3 Å². The van der Waals surface area contributed by atoms with Crippen molar-refractivity contribution < 1.29 is 22.4 Å². The summed E-state index contributed by atoms with van der Waals surface area (Å²) in [7, 11) is -3.85. The number of nitrogens with one attached hydrogen (secondary N) is 3. The van der Waals surface area contributed by atoms with Crippen molar-refractivity contribution in [3.05, 3.63) is 77.7 Å². The molecule has 0 radical (unpaired) electrons. The Kier molecular flexibility index (Phi) is 6.76. The number of furan rings is 1. The Morgan fingerprint density at radius 1 is 0.967 bits per heavy atom. The van der Waals surface area contributed by atoms with E-state index in [4.69, 9.17) is 16.0 Å². The molecule has 0 saturated carbocycles. The quantitative estimate of drug-likeness (QED) is 0.488. The van der Waals surface area contributed by atoms with Gasteiger partial charge in [-0.05, 0) is 54.6 Å². The van der Waals surface area contributed by atoms with Crippen LogP contribution in [0.5, 0.6) is 0 Å². The van der Waals surface area contributed by atoms with E-state index >= 15 is 0 Å². The summed E-state index contributed by atoms with van der Waals surface area (Å²) in [5.74, 6) is -0.648. The van der Waals surface area contributed by atoms with Crippen LogP contribution in [0.25, 0.3) is 0 Å². The van der Waals surface area contributed by atoms with Gasteiger partial charge >= 0.3 is 0 Å². The van der Waals surface area contributed by atoms with Crippen molar-refractivity contribution in [3.63, 3.8) is 0 Å². The van der Waals surface area contributed by atoms with E-state index in [2.05, 4.69) is 15.4 Å². The minimum Gasteiger partial charge on any atom is -0.459 e. The minimum atomic E-state index is -3.85. The third kappa shape index (κ3) is 5.85. The average Bonchev–Trinajstić information content (AvgIpc) is 3.25. The van der Waals surface area contributed by atoms with Crippen molar-refractivity contribution >= 4 is 44.8 Å². The van der Waals surface area contributed by atoms with Gasteiger partial charge in [0.15, 0.2) is 5.76 Å². The smallest absolute Gasteiger partial charge is 0.286 e. The molecule has 0 bridgehead atoms. The first kappa shape index (κ1) is 21.4. The zero-order chi connectivity index (χ0) is 21.6. The normalized spacial score (nSPS) is 11.0. The van der Waals surface area contributed by atoms with Gasteiger partial charge in [-0.2, -0.15) is 0 Å². The highest BCUT2D eigenvalue weighted by atomic mass is 35.5. The van der Waals surface area contributed by atoms with Crippen LogP contribution in [0.3, 0.4) is 0 Å².